The van der Waals surface area contributed by atoms with Gasteiger partial charge in [-0.25, -0.2) is 0 Å². The Balaban J connectivity index is 3.99. The Hall–Kier alpha value is -1.90. The molecule has 0 fully saturated rings. The van der Waals surface area contributed by atoms with Crippen molar-refractivity contribution in [1.29, 1.82) is 0 Å². The largest absolute Gasteiger partial charge is 0.481 e. The maximum atomic E-state index is 12.0. The van der Waals surface area contributed by atoms with Crippen molar-refractivity contribution >= 4 is 5.97 Å². The first-order valence-electron chi connectivity index (χ1n) is 9.13. The van der Waals surface area contributed by atoms with Gasteiger partial charge in [-0.15, -0.1) is 0 Å². The molecule has 0 unspecified atom stereocenters. The predicted molar refractivity (Wildman–Crippen MR) is 101 cm³/mol. The van der Waals surface area contributed by atoms with Gasteiger partial charge in [-0.05, 0) is 25.7 Å². The number of carbonyl (C=O) groups is 1. The smallest absolute Gasteiger partial charge is 0.389 e. The van der Waals surface area contributed by atoms with Gasteiger partial charge in [-0.1, -0.05) is 55.0 Å². The second-order valence-electron chi connectivity index (χ2n) is 6.31. The average molecular weight is 406 g/mol. The number of carboxylic acid groups (broad SMARTS) is 1. The molecule has 0 bridgehead atoms. The van der Waals surface area contributed by atoms with Crippen molar-refractivity contribution in [2.75, 3.05) is 0 Å². The van der Waals surface area contributed by atoms with Crippen molar-refractivity contribution in [3.63, 3.8) is 0 Å². The zero-order chi connectivity index (χ0) is 21.4. The van der Waals surface area contributed by atoms with E-state index in [-0.39, 0.29) is 25.7 Å². The lowest BCUT2D eigenvalue weighted by Crippen LogP contribution is -2.23. The fraction of sp³-hybridized carbons (Fsp3) is 0.550. The molecule has 160 valence electrons. The first-order valence-corrected chi connectivity index (χ1v) is 9.13. The van der Waals surface area contributed by atoms with Gasteiger partial charge in [0.2, 0.25) is 0 Å². The number of halogens is 3. The summed E-state index contributed by atoms with van der Waals surface area (Å²) in [5, 5.41) is 37.5. The minimum Gasteiger partial charge on any atom is -0.481 e. The van der Waals surface area contributed by atoms with Crippen LogP contribution < -0.4 is 0 Å². The van der Waals surface area contributed by atoms with Crippen molar-refractivity contribution in [2.24, 2.45) is 0 Å². The number of alkyl halides is 3. The summed E-state index contributed by atoms with van der Waals surface area (Å²) in [6.45, 7) is 0. The van der Waals surface area contributed by atoms with E-state index >= 15 is 0 Å². The molecule has 0 heterocycles. The monoisotopic (exact) mass is 406 g/mol. The van der Waals surface area contributed by atoms with Crippen molar-refractivity contribution in [1.82, 2.24) is 0 Å². The van der Waals surface area contributed by atoms with Gasteiger partial charge in [0.1, 0.15) is 0 Å². The molecule has 0 spiro atoms. The Labute approximate surface area is 163 Å². The second-order valence-corrected chi connectivity index (χ2v) is 6.31. The summed E-state index contributed by atoms with van der Waals surface area (Å²) in [4.78, 5) is 10.3. The number of hydrogen-bond acceptors (Lipinski definition) is 4. The lowest BCUT2D eigenvalue weighted by atomic mass is 10.1. The van der Waals surface area contributed by atoms with E-state index in [0.29, 0.717) is 12.8 Å². The normalized spacial score (nSPS) is 16.5. The van der Waals surface area contributed by atoms with Gasteiger partial charge in [0, 0.05) is 12.8 Å². The molecule has 4 N–H and O–H groups in total. The highest BCUT2D eigenvalue weighted by atomic mass is 19.4. The maximum Gasteiger partial charge on any atom is 0.389 e. The van der Waals surface area contributed by atoms with E-state index in [1.165, 1.54) is 12.2 Å². The third-order valence-corrected chi connectivity index (χ3v) is 3.69. The summed E-state index contributed by atoms with van der Waals surface area (Å²) in [5.74, 6) is -0.895. The minimum atomic E-state index is -4.20. The number of carboxylic acids is 1. The third kappa shape index (κ3) is 17.5. The topological polar surface area (TPSA) is 98.0 Å². The SMILES string of the molecule is O=C(O)CCC[C@H](O)/C=C/C=C\C=C\C=C\[C@H](O)[C@H](O)CCCCC(F)(F)F. The lowest BCUT2D eigenvalue weighted by Gasteiger charge is -2.14. The van der Waals surface area contributed by atoms with Crippen LogP contribution in [0.2, 0.25) is 0 Å². The van der Waals surface area contributed by atoms with Gasteiger partial charge in [0.05, 0.1) is 18.3 Å². The summed E-state index contributed by atoms with van der Waals surface area (Å²) in [7, 11) is 0. The molecule has 0 radical (unpaired) electrons. The fourth-order valence-electron chi connectivity index (χ4n) is 2.16. The van der Waals surface area contributed by atoms with Crippen molar-refractivity contribution in [3.05, 3.63) is 48.6 Å². The van der Waals surface area contributed by atoms with E-state index < -0.39 is 36.9 Å². The quantitative estimate of drug-likeness (QED) is 0.261. The van der Waals surface area contributed by atoms with Crippen LogP contribution in [0.5, 0.6) is 0 Å². The van der Waals surface area contributed by atoms with E-state index in [2.05, 4.69) is 0 Å². The molecule has 0 saturated carbocycles. The van der Waals surface area contributed by atoms with Crippen LogP contribution in [0, 0.1) is 0 Å². The van der Waals surface area contributed by atoms with Crippen LogP contribution in [0.4, 0.5) is 13.2 Å². The molecule has 0 aliphatic carbocycles. The van der Waals surface area contributed by atoms with Crippen molar-refractivity contribution in [3.8, 4) is 0 Å². The van der Waals surface area contributed by atoms with E-state index in [0.717, 1.165) is 0 Å². The van der Waals surface area contributed by atoms with Crippen LogP contribution in [-0.4, -0.2) is 50.9 Å². The highest BCUT2D eigenvalue weighted by Gasteiger charge is 2.26. The maximum absolute atomic E-state index is 12.0. The van der Waals surface area contributed by atoms with Gasteiger partial charge < -0.3 is 20.4 Å². The standard InChI is InChI=1S/C20H29F3O5/c21-20(22,23)15-8-7-13-18(26)17(25)12-6-4-2-1-3-5-10-16(24)11-9-14-19(27)28/h1-6,10,12,16-18,24-26H,7-9,11,13-15H2,(H,27,28)/b3-1-,4-2+,10-5+,12-6+/t16-,17+,18-/m1/s1. The molecule has 0 saturated heterocycles. The molecule has 3 atom stereocenters. The molecule has 0 rings (SSSR count). The summed E-state index contributed by atoms with van der Waals surface area (Å²) in [6.07, 6.45) is 5.52. The van der Waals surface area contributed by atoms with Crippen LogP contribution in [0.3, 0.4) is 0 Å². The zero-order valence-corrected chi connectivity index (χ0v) is 15.6. The number of unbranched alkanes of at least 4 members (excludes halogenated alkanes) is 1. The van der Waals surface area contributed by atoms with Gasteiger partial charge in [0.25, 0.3) is 0 Å². The minimum absolute atomic E-state index is 0.0178. The molecule has 28 heavy (non-hydrogen) atoms. The summed E-state index contributed by atoms with van der Waals surface area (Å²) < 4.78 is 36.0. The van der Waals surface area contributed by atoms with Gasteiger partial charge >= 0.3 is 12.1 Å². The highest BCUT2D eigenvalue weighted by molar-refractivity contribution is 5.66. The van der Waals surface area contributed by atoms with Crippen LogP contribution in [0.15, 0.2) is 48.6 Å². The van der Waals surface area contributed by atoms with Crippen LogP contribution in [0.25, 0.3) is 0 Å². The predicted octanol–water partition coefficient (Wildman–Crippen LogP) is 3.67. The van der Waals surface area contributed by atoms with Crippen molar-refractivity contribution < 1.29 is 38.4 Å². The Morgan fingerprint density at radius 2 is 1.39 bits per heavy atom. The summed E-state index contributed by atoms with van der Waals surface area (Å²) in [5.41, 5.74) is 0. The van der Waals surface area contributed by atoms with E-state index in [4.69, 9.17) is 5.11 Å². The number of rotatable bonds is 14. The molecule has 0 aromatic heterocycles. The molecule has 0 amide bonds. The van der Waals surface area contributed by atoms with Crippen molar-refractivity contribution in [2.45, 2.75) is 69.4 Å². The summed E-state index contributed by atoms with van der Waals surface area (Å²) >= 11 is 0. The van der Waals surface area contributed by atoms with E-state index in [9.17, 15) is 33.3 Å². The molecular weight excluding hydrogens is 377 g/mol. The Morgan fingerprint density at radius 3 is 1.96 bits per heavy atom. The molecule has 0 aromatic rings. The Morgan fingerprint density at radius 1 is 0.821 bits per heavy atom. The van der Waals surface area contributed by atoms with Gasteiger partial charge in [-0.3, -0.25) is 4.79 Å². The Kier molecular flexibility index (Phi) is 14.0. The second kappa shape index (κ2) is 15.1. The number of hydrogen-bond donors (Lipinski definition) is 4. The first kappa shape index (κ1) is 26.1. The van der Waals surface area contributed by atoms with Crippen LogP contribution >= 0.6 is 0 Å². The molecular formula is C20H29F3O5. The molecule has 0 aliphatic heterocycles. The summed E-state index contributed by atoms with van der Waals surface area (Å²) in [6, 6.07) is 0. The molecule has 0 aromatic carbocycles. The van der Waals surface area contributed by atoms with Gasteiger partial charge in [0.15, 0.2) is 0 Å². The molecule has 5 nitrogen and oxygen atoms in total. The van der Waals surface area contributed by atoms with Gasteiger partial charge in [-0.2, -0.15) is 13.2 Å². The number of aliphatic hydroxyl groups excluding tert-OH is 3. The Bertz CT molecular complexity index is 538. The third-order valence-electron chi connectivity index (χ3n) is 3.69. The highest BCUT2D eigenvalue weighted by Crippen LogP contribution is 2.23. The van der Waals surface area contributed by atoms with E-state index in [1.54, 1.807) is 36.5 Å². The lowest BCUT2D eigenvalue weighted by molar-refractivity contribution is -0.137. The molecule has 8 heteroatoms. The zero-order valence-electron chi connectivity index (χ0n) is 15.6. The number of aliphatic hydroxyl groups is 3. The average Bonchev–Trinajstić information content (AvgIpc) is 2.59. The number of allylic oxidation sites excluding steroid dienone is 6. The first-order chi connectivity index (χ1) is 13.1. The number of aliphatic carboxylic acids is 1. The molecule has 0 aliphatic rings. The van der Waals surface area contributed by atoms with Crippen LogP contribution in [0.1, 0.15) is 44.9 Å². The van der Waals surface area contributed by atoms with Crippen LogP contribution in [-0.2, 0) is 4.79 Å². The van der Waals surface area contributed by atoms with E-state index in [1.807, 2.05) is 0 Å². The fourth-order valence-corrected chi connectivity index (χ4v) is 2.16.